The molecule has 1 atom stereocenters. The van der Waals surface area contributed by atoms with Crippen molar-refractivity contribution in [3.8, 4) is 0 Å². The van der Waals surface area contributed by atoms with Crippen molar-refractivity contribution in [1.29, 1.82) is 0 Å². The summed E-state index contributed by atoms with van der Waals surface area (Å²) in [6.07, 6.45) is 1.30. The summed E-state index contributed by atoms with van der Waals surface area (Å²) >= 11 is 9.61. The molecule has 1 aromatic rings. The average Bonchev–Trinajstić information content (AvgIpc) is 2.69. The molecule has 0 radical (unpaired) electrons. The minimum Gasteiger partial charge on any atom is -0.312 e. The molecule has 1 aromatic carbocycles. The molecule has 1 unspecified atom stereocenters. The van der Waals surface area contributed by atoms with Crippen LogP contribution in [0.5, 0.6) is 0 Å². The van der Waals surface area contributed by atoms with Crippen molar-refractivity contribution >= 4 is 27.5 Å². The van der Waals surface area contributed by atoms with E-state index in [1.54, 1.807) is 0 Å². The van der Waals surface area contributed by atoms with Gasteiger partial charge in [0, 0.05) is 22.6 Å². The van der Waals surface area contributed by atoms with E-state index in [0.29, 0.717) is 0 Å². The van der Waals surface area contributed by atoms with E-state index in [9.17, 15) is 0 Å². The third-order valence-electron chi connectivity index (χ3n) is 3.25. The van der Waals surface area contributed by atoms with E-state index in [-0.39, 0.29) is 0 Å². The van der Waals surface area contributed by atoms with E-state index in [1.807, 2.05) is 12.1 Å². The van der Waals surface area contributed by atoms with Crippen LogP contribution in [-0.2, 0) is 6.54 Å². The molecule has 0 saturated carbocycles. The second-order valence-corrected chi connectivity index (χ2v) is 6.11. The maximum Gasteiger partial charge on any atom is 0.0451 e. The zero-order chi connectivity index (χ0) is 12.3. The van der Waals surface area contributed by atoms with Crippen molar-refractivity contribution in [3.05, 3.63) is 33.3 Å². The fourth-order valence-electron chi connectivity index (χ4n) is 2.28. The van der Waals surface area contributed by atoms with Crippen molar-refractivity contribution in [1.82, 2.24) is 10.2 Å². The van der Waals surface area contributed by atoms with Crippen LogP contribution in [-0.4, -0.2) is 31.6 Å². The van der Waals surface area contributed by atoms with Gasteiger partial charge in [-0.2, -0.15) is 0 Å². The van der Waals surface area contributed by atoms with Gasteiger partial charge in [-0.1, -0.05) is 27.5 Å². The largest absolute Gasteiger partial charge is 0.312 e. The van der Waals surface area contributed by atoms with Crippen molar-refractivity contribution in [2.75, 3.05) is 26.7 Å². The molecule has 4 heteroatoms. The lowest BCUT2D eigenvalue weighted by Crippen LogP contribution is -2.24. The van der Waals surface area contributed by atoms with Crippen molar-refractivity contribution in [3.63, 3.8) is 0 Å². The quantitative estimate of drug-likeness (QED) is 0.918. The Labute approximate surface area is 116 Å². The van der Waals surface area contributed by atoms with Crippen LogP contribution in [0.1, 0.15) is 12.0 Å². The topological polar surface area (TPSA) is 15.3 Å². The Morgan fingerprint density at radius 3 is 3.06 bits per heavy atom. The number of likely N-dealkylation sites (tertiary alicyclic amines) is 1. The van der Waals surface area contributed by atoms with Gasteiger partial charge in [0.2, 0.25) is 0 Å². The maximum atomic E-state index is 6.15. The molecular formula is C13H18BrClN2. The molecule has 0 spiro atoms. The molecule has 2 nitrogen and oxygen atoms in total. The number of hydrogen-bond acceptors (Lipinski definition) is 2. The zero-order valence-corrected chi connectivity index (χ0v) is 12.4. The van der Waals surface area contributed by atoms with Crippen LogP contribution >= 0.6 is 27.5 Å². The number of benzene rings is 1. The van der Waals surface area contributed by atoms with E-state index >= 15 is 0 Å². The standard InChI is InChI=1S/C13H18BrClN2/c1-17-5-4-10(9-17)7-16-8-11-6-12(14)2-3-13(11)15/h2-3,6,10,16H,4-5,7-9H2,1H3. The first kappa shape index (κ1) is 13.3. The highest BCUT2D eigenvalue weighted by Gasteiger charge is 2.18. The summed E-state index contributed by atoms with van der Waals surface area (Å²) in [6.45, 7) is 4.36. The van der Waals surface area contributed by atoms with Crippen molar-refractivity contribution in [2.45, 2.75) is 13.0 Å². The molecule has 17 heavy (non-hydrogen) atoms. The molecule has 1 fully saturated rings. The van der Waals surface area contributed by atoms with Crippen LogP contribution in [0.3, 0.4) is 0 Å². The molecule has 1 N–H and O–H groups in total. The smallest absolute Gasteiger partial charge is 0.0451 e. The maximum absolute atomic E-state index is 6.15. The van der Waals surface area contributed by atoms with Crippen LogP contribution in [0, 0.1) is 5.92 Å². The molecule has 0 aliphatic carbocycles. The Bertz CT molecular complexity index is 384. The predicted octanol–water partition coefficient (Wildman–Crippen LogP) is 3.14. The average molecular weight is 318 g/mol. The second kappa shape index (κ2) is 6.19. The number of hydrogen-bond donors (Lipinski definition) is 1. The van der Waals surface area contributed by atoms with Gasteiger partial charge >= 0.3 is 0 Å². The van der Waals surface area contributed by atoms with E-state index in [0.717, 1.165) is 34.1 Å². The molecule has 0 bridgehead atoms. The predicted molar refractivity (Wildman–Crippen MR) is 76.5 cm³/mol. The number of nitrogens with zero attached hydrogens (tertiary/aromatic N) is 1. The van der Waals surface area contributed by atoms with Crippen molar-refractivity contribution in [2.24, 2.45) is 5.92 Å². The fraction of sp³-hybridized carbons (Fsp3) is 0.538. The van der Waals surface area contributed by atoms with Gasteiger partial charge in [-0.25, -0.2) is 0 Å². The molecule has 0 amide bonds. The normalized spacial score (nSPS) is 21.0. The summed E-state index contributed by atoms with van der Waals surface area (Å²) in [6, 6.07) is 5.99. The van der Waals surface area contributed by atoms with E-state index in [1.165, 1.54) is 19.5 Å². The molecule has 1 saturated heterocycles. The third kappa shape index (κ3) is 3.95. The summed E-state index contributed by atoms with van der Waals surface area (Å²) in [5.41, 5.74) is 1.16. The van der Waals surface area contributed by atoms with Gasteiger partial charge in [-0.3, -0.25) is 0 Å². The number of rotatable bonds is 4. The Hall–Kier alpha value is -0.0900. The second-order valence-electron chi connectivity index (χ2n) is 4.78. The van der Waals surface area contributed by atoms with Crippen LogP contribution in [0.25, 0.3) is 0 Å². The van der Waals surface area contributed by atoms with Gasteiger partial charge in [-0.05, 0) is 56.2 Å². The lowest BCUT2D eigenvalue weighted by Gasteiger charge is -2.12. The van der Waals surface area contributed by atoms with Crippen LogP contribution in [0.15, 0.2) is 22.7 Å². The van der Waals surface area contributed by atoms with Gasteiger partial charge in [-0.15, -0.1) is 0 Å². The summed E-state index contributed by atoms with van der Waals surface area (Å²) in [5, 5.41) is 4.34. The third-order valence-corrected chi connectivity index (χ3v) is 4.11. The lowest BCUT2D eigenvalue weighted by molar-refractivity contribution is 0.388. The van der Waals surface area contributed by atoms with Crippen LogP contribution in [0.4, 0.5) is 0 Å². The highest BCUT2D eigenvalue weighted by Crippen LogP contribution is 2.21. The van der Waals surface area contributed by atoms with Gasteiger partial charge < -0.3 is 10.2 Å². The fourth-order valence-corrected chi connectivity index (χ4v) is 2.88. The van der Waals surface area contributed by atoms with Gasteiger partial charge in [0.05, 0.1) is 0 Å². The highest BCUT2D eigenvalue weighted by molar-refractivity contribution is 9.10. The number of nitrogens with one attached hydrogen (secondary N) is 1. The Balaban J connectivity index is 1.80. The molecule has 1 heterocycles. The lowest BCUT2D eigenvalue weighted by atomic mass is 10.1. The summed E-state index contributed by atoms with van der Waals surface area (Å²) in [5.74, 6) is 0.783. The van der Waals surface area contributed by atoms with E-state index in [2.05, 4.69) is 39.3 Å². The SMILES string of the molecule is CN1CCC(CNCc2cc(Br)ccc2Cl)C1. The van der Waals surface area contributed by atoms with E-state index in [4.69, 9.17) is 11.6 Å². The van der Waals surface area contributed by atoms with Crippen LogP contribution in [0.2, 0.25) is 5.02 Å². The molecule has 2 rings (SSSR count). The van der Waals surface area contributed by atoms with Gasteiger partial charge in [0.15, 0.2) is 0 Å². The summed E-state index contributed by atoms with van der Waals surface area (Å²) < 4.78 is 1.08. The minimum atomic E-state index is 0.783. The minimum absolute atomic E-state index is 0.783. The Kier molecular flexibility index (Phi) is 4.86. The van der Waals surface area contributed by atoms with Crippen molar-refractivity contribution < 1.29 is 0 Å². The van der Waals surface area contributed by atoms with Gasteiger partial charge in [0.25, 0.3) is 0 Å². The summed E-state index contributed by atoms with van der Waals surface area (Å²) in [4.78, 5) is 2.39. The first-order valence-corrected chi connectivity index (χ1v) is 7.15. The van der Waals surface area contributed by atoms with Gasteiger partial charge in [0.1, 0.15) is 0 Å². The molecule has 94 valence electrons. The highest BCUT2D eigenvalue weighted by atomic mass is 79.9. The Morgan fingerprint density at radius 2 is 2.35 bits per heavy atom. The molecular weight excluding hydrogens is 300 g/mol. The Morgan fingerprint density at radius 1 is 1.53 bits per heavy atom. The first-order valence-electron chi connectivity index (χ1n) is 5.98. The number of halogens is 2. The molecule has 0 aromatic heterocycles. The molecule has 1 aliphatic heterocycles. The van der Waals surface area contributed by atoms with Crippen LogP contribution < -0.4 is 5.32 Å². The summed E-state index contributed by atoms with van der Waals surface area (Å²) in [7, 11) is 2.19. The van der Waals surface area contributed by atoms with E-state index < -0.39 is 0 Å². The molecule has 1 aliphatic rings. The zero-order valence-electron chi connectivity index (χ0n) is 10.0. The first-order chi connectivity index (χ1) is 8.15. The monoisotopic (exact) mass is 316 g/mol.